The monoisotopic (exact) mass is 416 g/mol. The number of rotatable bonds is 6. The molecule has 0 saturated heterocycles. The Balaban J connectivity index is 1.63. The summed E-state index contributed by atoms with van der Waals surface area (Å²) in [5.41, 5.74) is 8.89. The lowest BCUT2D eigenvalue weighted by Crippen LogP contribution is -2.17. The van der Waals surface area contributed by atoms with Crippen LogP contribution in [0.1, 0.15) is 11.1 Å². The van der Waals surface area contributed by atoms with E-state index in [2.05, 4.69) is 15.0 Å². The third kappa shape index (κ3) is 4.39. The van der Waals surface area contributed by atoms with Gasteiger partial charge in [-0.3, -0.25) is 0 Å². The second kappa shape index (κ2) is 8.88. The molecule has 0 radical (unpaired) electrons. The number of benzene rings is 2. The minimum absolute atomic E-state index is 0.218. The molecule has 2 N–H and O–H groups in total. The molecule has 30 heavy (non-hydrogen) atoms. The van der Waals surface area contributed by atoms with Gasteiger partial charge in [0.25, 0.3) is 0 Å². The Bertz CT molecular complexity index is 1150. The van der Waals surface area contributed by atoms with Crippen molar-refractivity contribution < 1.29 is 0 Å². The number of aryl methyl sites for hydroxylation is 2. The molecule has 0 bridgehead atoms. The van der Waals surface area contributed by atoms with Gasteiger partial charge in [-0.15, -0.1) is 0 Å². The molecule has 0 saturated carbocycles. The van der Waals surface area contributed by atoms with Crippen LogP contribution in [0.5, 0.6) is 0 Å². The van der Waals surface area contributed by atoms with E-state index in [1.165, 1.54) is 0 Å². The van der Waals surface area contributed by atoms with Gasteiger partial charge in [-0.2, -0.15) is 4.98 Å². The lowest BCUT2D eigenvalue weighted by atomic mass is 10.1. The maximum Gasteiger partial charge on any atom is 0.221 e. The van der Waals surface area contributed by atoms with Gasteiger partial charge in [-0.1, -0.05) is 60.1 Å². The molecule has 150 valence electrons. The van der Waals surface area contributed by atoms with Crippen LogP contribution in [0, 0.1) is 0 Å². The van der Waals surface area contributed by atoms with Crippen LogP contribution >= 0.6 is 11.6 Å². The Labute approximate surface area is 180 Å². The number of nitrogens with zero attached hydrogens (tertiary/aromatic N) is 5. The van der Waals surface area contributed by atoms with Crippen LogP contribution in [-0.4, -0.2) is 27.0 Å². The van der Waals surface area contributed by atoms with Crippen LogP contribution in [0.3, 0.4) is 0 Å². The highest BCUT2D eigenvalue weighted by atomic mass is 35.5. The number of nitrogens with two attached hydrogens (primary N) is 1. The van der Waals surface area contributed by atoms with Crippen molar-refractivity contribution in [2.24, 2.45) is 0 Å². The van der Waals surface area contributed by atoms with Crippen molar-refractivity contribution in [3.63, 3.8) is 0 Å². The number of hydrogen-bond donors (Lipinski definition) is 1. The van der Waals surface area contributed by atoms with E-state index in [0.717, 1.165) is 40.4 Å². The summed E-state index contributed by atoms with van der Waals surface area (Å²) in [6.07, 6.45) is 5.01. The maximum absolute atomic E-state index is 6.31. The second-order valence-electron chi connectivity index (χ2n) is 6.83. The molecule has 2 aromatic heterocycles. The first-order chi connectivity index (χ1) is 14.6. The average Bonchev–Trinajstić information content (AvgIpc) is 2.79. The predicted molar refractivity (Wildman–Crippen MR) is 121 cm³/mol. The van der Waals surface area contributed by atoms with Gasteiger partial charge in [0.2, 0.25) is 5.95 Å². The molecule has 7 heteroatoms. The molecule has 6 nitrogen and oxygen atoms in total. The first-order valence-electron chi connectivity index (χ1n) is 9.59. The van der Waals surface area contributed by atoms with Crippen molar-refractivity contribution in [1.29, 1.82) is 0 Å². The van der Waals surface area contributed by atoms with E-state index in [-0.39, 0.29) is 5.95 Å². The molecule has 0 aliphatic carbocycles. The minimum Gasteiger partial charge on any atom is -0.368 e. The molecule has 0 fully saturated rings. The summed E-state index contributed by atoms with van der Waals surface area (Å²) in [5.74, 6) is 2.31. The van der Waals surface area contributed by atoms with Crippen LogP contribution in [0.15, 0.2) is 73.1 Å². The first kappa shape index (κ1) is 19.8. The smallest absolute Gasteiger partial charge is 0.221 e. The first-order valence-corrected chi connectivity index (χ1v) is 9.96. The fourth-order valence-corrected chi connectivity index (χ4v) is 3.45. The molecule has 0 unspecified atom stereocenters. The fraction of sp³-hybridized carbons (Fsp3) is 0.130. The largest absolute Gasteiger partial charge is 0.368 e. The van der Waals surface area contributed by atoms with Gasteiger partial charge in [0.1, 0.15) is 11.6 Å². The Kier molecular flexibility index (Phi) is 5.86. The van der Waals surface area contributed by atoms with Crippen molar-refractivity contribution in [3.8, 4) is 11.4 Å². The zero-order chi connectivity index (χ0) is 20.9. The number of aromatic nitrogens is 4. The lowest BCUT2D eigenvalue weighted by molar-refractivity contribution is 0.917. The van der Waals surface area contributed by atoms with E-state index >= 15 is 0 Å². The normalized spacial score (nSPS) is 10.7. The fourth-order valence-electron chi connectivity index (χ4n) is 3.22. The van der Waals surface area contributed by atoms with Crippen LogP contribution < -0.4 is 10.6 Å². The van der Waals surface area contributed by atoms with E-state index in [1.54, 1.807) is 12.4 Å². The molecule has 0 atom stereocenters. The van der Waals surface area contributed by atoms with Gasteiger partial charge in [0.15, 0.2) is 5.82 Å². The quantitative estimate of drug-likeness (QED) is 0.489. The summed E-state index contributed by atoms with van der Waals surface area (Å²) in [6, 6.07) is 19.6. The van der Waals surface area contributed by atoms with Gasteiger partial charge >= 0.3 is 0 Å². The Hall–Kier alpha value is -3.51. The van der Waals surface area contributed by atoms with Gasteiger partial charge < -0.3 is 10.6 Å². The molecular weight excluding hydrogens is 396 g/mol. The average molecular weight is 417 g/mol. The highest BCUT2D eigenvalue weighted by Crippen LogP contribution is 2.27. The van der Waals surface area contributed by atoms with Gasteiger partial charge in [-0.25, -0.2) is 15.0 Å². The standard InChI is InChI=1S/C23H21ClN6/c1-30(20-13-14-26-21(28-20)17-8-3-2-4-9-17)22-18(15-27-23(25)29-22)12-11-16-7-5-6-10-19(16)24/h2-10,13-15H,11-12H2,1H3,(H2,25,27,29). The molecule has 4 aromatic rings. The number of halogens is 1. The van der Waals surface area contributed by atoms with Crippen molar-refractivity contribution in [1.82, 2.24) is 19.9 Å². The number of anilines is 3. The van der Waals surface area contributed by atoms with Crippen molar-refractivity contribution >= 4 is 29.2 Å². The predicted octanol–water partition coefficient (Wildman–Crippen LogP) is 4.72. The van der Waals surface area contributed by atoms with E-state index in [0.29, 0.717) is 11.6 Å². The second-order valence-corrected chi connectivity index (χ2v) is 7.24. The molecule has 0 aliphatic rings. The van der Waals surface area contributed by atoms with Gasteiger partial charge in [0, 0.05) is 35.6 Å². The van der Waals surface area contributed by atoms with Crippen molar-refractivity contribution in [3.05, 3.63) is 89.2 Å². The molecule has 4 rings (SSSR count). The molecular formula is C23H21ClN6. The van der Waals surface area contributed by atoms with Gasteiger partial charge in [0.05, 0.1) is 0 Å². The highest BCUT2D eigenvalue weighted by molar-refractivity contribution is 6.31. The van der Waals surface area contributed by atoms with Crippen LogP contribution in [0.4, 0.5) is 17.6 Å². The van der Waals surface area contributed by atoms with E-state index in [1.807, 2.05) is 72.6 Å². The minimum atomic E-state index is 0.218. The van der Waals surface area contributed by atoms with Crippen LogP contribution in [0.2, 0.25) is 5.02 Å². The number of nitrogen functional groups attached to an aromatic ring is 1. The Morgan fingerprint density at radius 3 is 2.40 bits per heavy atom. The summed E-state index contributed by atoms with van der Waals surface area (Å²) in [7, 11) is 1.91. The zero-order valence-electron chi connectivity index (χ0n) is 16.5. The molecule has 0 amide bonds. The SMILES string of the molecule is CN(c1ccnc(-c2ccccc2)n1)c1nc(N)ncc1CCc1ccccc1Cl. The summed E-state index contributed by atoms with van der Waals surface area (Å²) in [4.78, 5) is 19.7. The lowest BCUT2D eigenvalue weighted by Gasteiger charge is -2.21. The highest BCUT2D eigenvalue weighted by Gasteiger charge is 2.15. The van der Waals surface area contributed by atoms with Crippen LogP contribution in [0.25, 0.3) is 11.4 Å². The Morgan fingerprint density at radius 2 is 1.60 bits per heavy atom. The van der Waals surface area contributed by atoms with Crippen LogP contribution in [-0.2, 0) is 12.8 Å². The summed E-state index contributed by atoms with van der Waals surface area (Å²) in [6.45, 7) is 0. The van der Waals surface area contributed by atoms with Crippen molar-refractivity contribution in [2.75, 3.05) is 17.7 Å². The summed E-state index contributed by atoms with van der Waals surface area (Å²) < 4.78 is 0. The van der Waals surface area contributed by atoms with Gasteiger partial charge in [-0.05, 0) is 30.5 Å². The summed E-state index contributed by atoms with van der Waals surface area (Å²) in [5, 5.41) is 0.757. The van der Waals surface area contributed by atoms with E-state index in [9.17, 15) is 0 Å². The Morgan fingerprint density at radius 1 is 0.867 bits per heavy atom. The van der Waals surface area contributed by atoms with E-state index < -0.39 is 0 Å². The molecule has 2 heterocycles. The molecule has 2 aromatic carbocycles. The molecule has 0 aliphatic heterocycles. The third-order valence-electron chi connectivity index (χ3n) is 4.82. The number of hydrogen-bond acceptors (Lipinski definition) is 6. The van der Waals surface area contributed by atoms with E-state index in [4.69, 9.17) is 22.3 Å². The zero-order valence-corrected chi connectivity index (χ0v) is 17.3. The summed E-state index contributed by atoms with van der Waals surface area (Å²) >= 11 is 6.31. The maximum atomic E-state index is 6.31. The molecule has 0 spiro atoms. The third-order valence-corrected chi connectivity index (χ3v) is 5.18. The van der Waals surface area contributed by atoms with Crippen molar-refractivity contribution in [2.45, 2.75) is 12.8 Å². The topological polar surface area (TPSA) is 80.8 Å².